The van der Waals surface area contributed by atoms with Gasteiger partial charge >= 0.3 is 0 Å². The predicted octanol–water partition coefficient (Wildman–Crippen LogP) is 4.72. The number of anilines is 2. The molecule has 3 aromatic rings. The highest BCUT2D eigenvalue weighted by molar-refractivity contribution is 7.91. The van der Waals surface area contributed by atoms with E-state index in [1.165, 1.54) is 12.8 Å². The first kappa shape index (κ1) is 24.6. The van der Waals surface area contributed by atoms with Gasteiger partial charge in [-0.3, -0.25) is 10.1 Å². The lowest BCUT2D eigenvalue weighted by atomic mass is 9.98. The van der Waals surface area contributed by atoms with Crippen molar-refractivity contribution in [2.45, 2.75) is 37.1 Å². The summed E-state index contributed by atoms with van der Waals surface area (Å²) in [6.07, 6.45) is 2.36. The van der Waals surface area contributed by atoms with Crippen LogP contribution in [0.4, 0.5) is 10.8 Å². The summed E-state index contributed by atoms with van der Waals surface area (Å²) in [5.74, 6) is 0.269. The second kappa shape index (κ2) is 10.4. The van der Waals surface area contributed by atoms with Crippen LogP contribution in [-0.2, 0) is 10.0 Å². The number of halogens is 1. The molecule has 11 heteroatoms. The lowest BCUT2D eigenvalue weighted by Gasteiger charge is -2.32. The average Bonchev–Trinajstić information content (AvgIpc) is 3.29. The lowest BCUT2D eigenvalue weighted by Crippen LogP contribution is -2.32. The smallest absolute Gasteiger partial charge is 0.270 e. The van der Waals surface area contributed by atoms with E-state index in [4.69, 9.17) is 11.6 Å². The summed E-state index contributed by atoms with van der Waals surface area (Å²) in [5.41, 5.74) is 2.25. The summed E-state index contributed by atoms with van der Waals surface area (Å²) in [6.45, 7) is 6.13. The van der Waals surface area contributed by atoms with Gasteiger partial charge in [-0.15, -0.1) is 10.2 Å². The van der Waals surface area contributed by atoms with E-state index < -0.39 is 22.0 Å². The normalized spacial score (nSPS) is 15.8. The van der Waals surface area contributed by atoms with Crippen LogP contribution in [0.5, 0.6) is 0 Å². The summed E-state index contributed by atoms with van der Waals surface area (Å²) >= 11 is 6.81. The lowest BCUT2D eigenvalue weighted by molar-refractivity contribution is 0.102. The summed E-state index contributed by atoms with van der Waals surface area (Å²) in [4.78, 5) is 14.7. The Hall–Kier alpha value is -2.53. The third-order valence-corrected chi connectivity index (χ3v) is 8.93. The molecule has 1 amide bonds. The minimum atomic E-state index is -3.93. The Balaban J connectivity index is 1.39. The molecule has 34 heavy (non-hydrogen) atoms. The number of nitrogens with zero attached hydrogens (tertiary/aromatic N) is 3. The average molecular weight is 520 g/mol. The zero-order valence-electron chi connectivity index (χ0n) is 18.9. The van der Waals surface area contributed by atoms with Gasteiger partial charge in [-0.25, -0.2) is 13.1 Å². The summed E-state index contributed by atoms with van der Waals surface area (Å²) in [6, 6.07) is 14.0. The number of aromatic nitrogens is 2. The van der Waals surface area contributed by atoms with Gasteiger partial charge in [0, 0.05) is 24.8 Å². The number of carbonyl (C=O) groups is 1. The van der Waals surface area contributed by atoms with Crippen LogP contribution in [0.3, 0.4) is 0 Å². The van der Waals surface area contributed by atoms with Gasteiger partial charge in [-0.05, 0) is 55.5 Å². The van der Waals surface area contributed by atoms with E-state index in [-0.39, 0.29) is 20.1 Å². The van der Waals surface area contributed by atoms with Crippen LogP contribution >= 0.6 is 22.9 Å². The molecule has 0 radical (unpaired) electrons. The fraction of sp³-hybridized carbons (Fsp3) is 0.348. The SMILES string of the molecule is CC1CCN(c2ccc([C@@H](C)NS(=O)(=O)c3nnc(NC(=O)c4ccccc4Cl)s3)cc2)CC1. The van der Waals surface area contributed by atoms with Crippen molar-refractivity contribution in [3.05, 3.63) is 64.7 Å². The first-order valence-corrected chi connectivity index (χ1v) is 13.7. The van der Waals surface area contributed by atoms with Gasteiger partial charge in [-0.2, -0.15) is 0 Å². The highest BCUT2D eigenvalue weighted by Crippen LogP contribution is 2.27. The van der Waals surface area contributed by atoms with Gasteiger partial charge in [0.05, 0.1) is 10.6 Å². The molecular formula is C23H26ClN5O3S2. The summed E-state index contributed by atoms with van der Waals surface area (Å²) in [7, 11) is -3.93. The Morgan fingerprint density at radius 1 is 1.12 bits per heavy atom. The zero-order chi connectivity index (χ0) is 24.3. The van der Waals surface area contributed by atoms with Crippen molar-refractivity contribution in [3.63, 3.8) is 0 Å². The number of sulfonamides is 1. The monoisotopic (exact) mass is 519 g/mol. The minimum Gasteiger partial charge on any atom is -0.372 e. The molecule has 2 heterocycles. The molecule has 180 valence electrons. The first-order valence-electron chi connectivity index (χ1n) is 11.0. The van der Waals surface area contributed by atoms with Crippen LogP contribution < -0.4 is 14.9 Å². The molecule has 0 saturated carbocycles. The van der Waals surface area contributed by atoms with Crippen LogP contribution in [0.1, 0.15) is 48.7 Å². The van der Waals surface area contributed by atoms with Crippen LogP contribution in [0.15, 0.2) is 52.9 Å². The minimum absolute atomic E-state index is 0.0677. The maximum Gasteiger partial charge on any atom is 0.270 e. The molecule has 0 unspecified atom stereocenters. The summed E-state index contributed by atoms with van der Waals surface area (Å²) < 4.78 is 28.1. The van der Waals surface area contributed by atoms with Gasteiger partial charge in [0.1, 0.15) is 0 Å². The van der Waals surface area contributed by atoms with E-state index in [0.717, 1.165) is 41.6 Å². The molecule has 1 aromatic heterocycles. The molecular weight excluding hydrogens is 494 g/mol. The number of hydrogen-bond acceptors (Lipinski definition) is 7. The van der Waals surface area contributed by atoms with E-state index in [2.05, 4.69) is 32.1 Å². The Labute approximate surface area is 208 Å². The molecule has 2 aromatic carbocycles. The second-order valence-corrected chi connectivity index (χ2v) is 11.7. The van der Waals surface area contributed by atoms with E-state index in [0.29, 0.717) is 0 Å². The fourth-order valence-corrected chi connectivity index (χ4v) is 6.14. The van der Waals surface area contributed by atoms with E-state index >= 15 is 0 Å². The molecule has 0 aliphatic carbocycles. The Morgan fingerprint density at radius 3 is 2.47 bits per heavy atom. The van der Waals surface area contributed by atoms with E-state index in [1.807, 2.05) is 24.3 Å². The number of hydrogen-bond donors (Lipinski definition) is 2. The summed E-state index contributed by atoms with van der Waals surface area (Å²) in [5, 5.41) is 10.4. The zero-order valence-corrected chi connectivity index (χ0v) is 21.3. The van der Waals surface area contributed by atoms with Crippen LogP contribution in [0, 0.1) is 5.92 Å². The van der Waals surface area contributed by atoms with Crippen molar-refractivity contribution in [1.29, 1.82) is 0 Å². The maximum absolute atomic E-state index is 12.8. The van der Waals surface area contributed by atoms with Crippen molar-refractivity contribution in [1.82, 2.24) is 14.9 Å². The number of benzene rings is 2. The molecule has 0 spiro atoms. The highest BCUT2D eigenvalue weighted by Gasteiger charge is 2.24. The number of piperidine rings is 1. The van der Waals surface area contributed by atoms with Crippen molar-refractivity contribution in [2.75, 3.05) is 23.3 Å². The predicted molar refractivity (Wildman–Crippen MR) is 135 cm³/mol. The van der Waals surface area contributed by atoms with E-state index in [9.17, 15) is 13.2 Å². The molecule has 4 rings (SSSR count). The van der Waals surface area contributed by atoms with Gasteiger partial charge in [0.15, 0.2) is 0 Å². The third kappa shape index (κ3) is 5.75. The largest absolute Gasteiger partial charge is 0.372 e. The van der Waals surface area contributed by atoms with Crippen molar-refractivity contribution in [2.24, 2.45) is 5.92 Å². The topological polar surface area (TPSA) is 104 Å². The van der Waals surface area contributed by atoms with Crippen molar-refractivity contribution in [3.8, 4) is 0 Å². The Morgan fingerprint density at radius 2 is 1.79 bits per heavy atom. The van der Waals surface area contributed by atoms with Gasteiger partial charge in [0.25, 0.3) is 15.9 Å². The molecule has 1 fully saturated rings. The number of carbonyl (C=O) groups excluding carboxylic acids is 1. The third-order valence-electron chi connectivity index (χ3n) is 5.85. The van der Waals surface area contributed by atoms with Crippen molar-refractivity contribution >= 4 is 49.7 Å². The molecule has 1 aliphatic heterocycles. The number of nitrogens with one attached hydrogen (secondary N) is 2. The number of amides is 1. The van der Waals surface area contributed by atoms with Crippen molar-refractivity contribution < 1.29 is 13.2 Å². The quantitative estimate of drug-likeness (QED) is 0.438. The highest BCUT2D eigenvalue weighted by atomic mass is 35.5. The number of rotatable bonds is 7. The van der Waals surface area contributed by atoms with Crippen LogP contribution in [0.25, 0.3) is 0 Å². The molecule has 0 bridgehead atoms. The molecule has 8 nitrogen and oxygen atoms in total. The fourth-order valence-electron chi connectivity index (χ4n) is 3.77. The Kier molecular flexibility index (Phi) is 7.51. The van der Waals surface area contributed by atoms with Crippen LogP contribution in [0.2, 0.25) is 5.02 Å². The second-order valence-electron chi connectivity index (χ2n) is 8.41. The van der Waals surface area contributed by atoms with Gasteiger partial charge in [0.2, 0.25) is 9.47 Å². The first-order chi connectivity index (χ1) is 16.2. The maximum atomic E-state index is 12.8. The molecule has 2 N–H and O–H groups in total. The molecule has 1 aliphatic rings. The molecule has 1 saturated heterocycles. The molecule has 1 atom stereocenters. The van der Waals surface area contributed by atoms with Crippen LogP contribution in [-0.4, -0.2) is 37.6 Å². The Bertz CT molecular complexity index is 1260. The van der Waals surface area contributed by atoms with Gasteiger partial charge in [-0.1, -0.05) is 54.1 Å². The van der Waals surface area contributed by atoms with E-state index in [1.54, 1.807) is 31.2 Å². The van der Waals surface area contributed by atoms with Gasteiger partial charge < -0.3 is 4.90 Å². The standard InChI is InChI=1S/C23H26ClN5O3S2/c1-15-11-13-29(14-12-15)18-9-7-17(8-10-18)16(2)28-34(31,32)23-27-26-22(33-23)25-21(30)19-5-3-4-6-20(19)24/h3-10,15-16,28H,11-14H2,1-2H3,(H,25,26,30)/t16-/m1/s1.